The van der Waals surface area contributed by atoms with Crippen LogP contribution in [0.4, 0.5) is 15.8 Å². The van der Waals surface area contributed by atoms with Gasteiger partial charge in [0.2, 0.25) is 5.91 Å². The van der Waals surface area contributed by atoms with Gasteiger partial charge in [-0.3, -0.25) is 4.79 Å². The monoisotopic (exact) mass is 377 g/mol. The fourth-order valence-electron chi connectivity index (χ4n) is 2.80. The predicted octanol–water partition coefficient (Wildman–Crippen LogP) is 3.04. The van der Waals surface area contributed by atoms with Gasteiger partial charge in [0.05, 0.1) is 31.1 Å². The summed E-state index contributed by atoms with van der Waals surface area (Å²) < 4.78 is 19.0. The molecule has 2 N–H and O–H groups in total. The summed E-state index contributed by atoms with van der Waals surface area (Å²) in [7, 11) is 0. The Morgan fingerprint density at radius 1 is 1.19 bits per heavy atom. The summed E-state index contributed by atoms with van der Waals surface area (Å²) >= 11 is 6.10. The third kappa shape index (κ3) is 4.86. The van der Waals surface area contributed by atoms with Crippen molar-refractivity contribution < 1.29 is 13.9 Å². The van der Waals surface area contributed by atoms with Crippen LogP contribution in [-0.4, -0.2) is 38.8 Å². The average molecular weight is 378 g/mol. The van der Waals surface area contributed by atoms with Crippen LogP contribution in [0.1, 0.15) is 5.56 Å². The molecule has 0 aliphatic carbocycles. The molecule has 5 nitrogen and oxygen atoms in total. The van der Waals surface area contributed by atoms with Crippen molar-refractivity contribution in [2.24, 2.45) is 0 Å². The fourth-order valence-corrected chi connectivity index (χ4v) is 2.98. The van der Waals surface area contributed by atoms with Gasteiger partial charge in [0.25, 0.3) is 0 Å². The van der Waals surface area contributed by atoms with Gasteiger partial charge in [0, 0.05) is 30.2 Å². The first kappa shape index (κ1) is 18.5. The number of hydrogen-bond donors (Lipinski definition) is 2. The molecule has 0 unspecified atom stereocenters. The quantitative estimate of drug-likeness (QED) is 0.812. The number of ether oxygens (including phenoxy) is 1. The minimum absolute atomic E-state index is 0.0755. The molecule has 7 heteroatoms. The molecule has 1 aliphatic rings. The summed E-state index contributed by atoms with van der Waals surface area (Å²) in [6, 6.07) is 12.0. The number of morpholine rings is 1. The molecular formula is C19H21ClFN3O2. The molecule has 1 heterocycles. The molecule has 3 rings (SSSR count). The fraction of sp³-hybridized carbons (Fsp3) is 0.316. The van der Waals surface area contributed by atoms with Crippen LogP contribution in [0, 0.1) is 5.82 Å². The highest BCUT2D eigenvalue weighted by Crippen LogP contribution is 2.29. The van der Waals surface area contributed by atoms with Crippen molar-refractivity contribution >= 4 is 28.9 Å². The minimum Gasteiger partial charge on any atom is -0.378 e. The van der Waals surface area contributed by atoms with E-state index in [2.05, 4.69) is 15.5 Å². The molecule has 0 saturated carbocycles. The van der Waals surface area contributed by atoms with Gasteiger partial charge in [0.15, 0.2) is 0 Å². The van der Waals surface area contributed by atoms with Crippen molar-refractivity contribution in [2.45, 2.75) is 6.54 Å². The summed E-state index contributed by atoms with van der Waals surface area (Å²) in [5.41, 5.74) is 2.23. The molecule has 0 spiro atoms. The van der Waals surface area contributed by atoms with E-state index in [-0.39, 0.29) is 24.8 Å². The lowest BCUT2D eigenvalue weighted by Gasteiger charge is -2.30. The summed E-state index contributed by atoms with van der Waals surface area (Å²) in [5.74, 6) is -0.550. The molecule has 1 amide bonds. The number of carbonyl (C=O) groups is 1. The smallest absolute Gasteiger partial charge is 0.239 e. The summed E-state index contributed by atoms with van der Waals surface area (Å²) in [4.78, 5) is 14.3. The van der Waals surface area contributed by atoms with Crippen LogP contribution >= 0.6 is 11.6 Å². The predicted molar refractivity (Wildman–Crippen MR) is 101 cm³/mol. The maximum Gasteiger partial charge on any atom is 0.239 e. The summed E-state index contributed by atoms with van der Waals surface area (Å²) in [5, 5.41) is 6.44. The van der Waals surface area contributed by atoms with Crippen LogP contribution in [0.15, 0.2) is 42.5 Å². The highest BCUT2D eigenvalue weighted by Gasteiger charge is 2.15. The molecule has 0 aromatic heterocycles. The highest BCUT2D eigenvalue weighted by molar-refractivity contribution is 6.31. The Kier molecular flexibility index (Phi) is 6.30. The highest BCUT2D eigenvalue weighted by atomic mass is 35.5. The zero-order chi connectivity index (χ0) is 18.4. The Labute approximate surface area is 157 Å². The number of nitrogens with one attached hydrogen (secondary N) is 2. The topological polar surface area (TPSA) is 53.6 Å². The molecule has 0 radical (unpaired) electrons. The molecule has 0 atom stereocenters. The molecule has 1 fully saturated rings. The Hall–Kier alpha value is -2.31. The van der Waals surface area contributed by atoms with E-state index in [0.29, 0.717) is 23.8 Å². The van der Waals surface area contributed by atoms with Crippen LogP contribution in [0.3, 0.4) is 0 Å². The zero-order valence-corrected chi connectivity index (χ0v) is 15.1. The van der Waals surface area contributed by atoms with E-state index < -0.39 is 0 Å². The van der Waals surface area contributed by atoms with Crippen molar-refractivity contribution in [3.05, 3.63) is 58.9 Å². The van der Waals surface area contributed by atoms with Gasteiger partial charge < -0.3 is 20.3 Å². The second-order valence-electron chi connectivity index (χ2n) is 5.98. The number of benzene rings is 2. The molecular weight excluding hydrogens is 357 g/mol. The second kappa shape index (κ2) is 8.87. The number of hydrogen-bond acceptors (Lipinski definition) is 4. The lowest BCUT2D eigenvalue weighted by Crippen LogP contribution is -2.37. The van der Waals surface area contributed by atoms with Gasteiger partial charge in [-0.2, -0.15) is 0 Å². The minimum atomic E-state index is -0.329. The SMILES string of the molecule is O=C(CNc1cc(Cl)ccc1N1CCOCC1)NCc1ccccc1F. The van der Waals surface area contributed by atoms with E-state index in [1.165, 1.54) is 6.07 Å². The summed E-state index contributed by atoms with van der Waals surface area (Å²) in [6.45, 7) is 3.15. The number of amides is 1. The number of carbonyl (C=O) groups excluding carboxylic acids is 1. The molecule has 26 heavy (non-hydrogen) atoms. The maximum atomic E-state index is 13.6. The van der Waals surface area contributed by atoms with Crippen molar-refractivity contribution in [1.29, 1.82) is 0 Å². The largest absolute Gasteiger partial charge is 0.378 e. The van der Waals surface area contributed by atoms with Crippen molar-refractivity contribution in [3.8, 4) is 0 Å². The average Bonchev–Trinajstić information content (AvgIpc) is 2.66. The van der Waals surface area contributed by atoms with Gasteiger partial charge in [-0.25, -0.2) is 4.39 Å². The molecule has 2 aromatic rings. The van der Waals surface area contributed by atoms with Crippen molar-refractivity contribution in [2.75, 3.05) is 43.1 Å². The first-order valence-electron chi connectivity index (χ1n) is 8.50. The van der Waals surface area contributed by atoms with Crippen molar-refractivity contribution in [1.82, 2.24) is 5.32 Å². The van der Waals surface area contributed by atoms with Gasteiger partial charge in [-0.15, -0.1) is 0 Å². The first-order valence-corrected chi connectivity index (χ1v) is 8.87. The van der Waals surface area contributed by atoms with E-state index in [1.807, 2.05) is 12.1 Å². The lowest BCUT2D eigenvalue weighted by molar-refractivity contribution is -0.119. The van der Waals surface area contributed by atoms with E-state index >= 15 is 0 Å². The molecule has 2 aromatic carbocycles. The zero-order valence-electron chi connectivity index (χ0n) is 14.3. The van der Waals surface area contributed by atoms with Crippen LogP contribution < -0.4 is 15.5 Å². The second-order valence-corrected chi connectivity index (χ2v) is 6.42. The maximum absolute atomic E-state index is 13.6. The van der Waals surface area contributed by atoms with Gasteiger partial charge >= 0.3 is 0 Å². The van der Waals surface area contributed by atoms with Gasteiger partial charge in [-0.1, -0.05) is 29.8 Å². The van der Waals surface area contributed by atoms with Gasteiger partial charge in [-0.05, 0) is 24.3 Å². The van der Waals surface area contributed by atoms with E-state index in [1.54, 1.807) is 24.3 Å². The van der Waals surface area contributed by atoms with Crippen LogP contribution in [-0.2, 0) is 16.1 Å². The number of halogens is 2. The number of nitrogens with zero attached hydrogens (tertiary/aromatic N) is 1. The number of anilines is 2. The Balaban J connectivity index is 1.59. The summed E-state index contributed by atoms with van der Waals surface area (Å²) in [6.07, 6.45) is 0. The van der Waals surface area contributed by atoms with Gasteiger partial charge in [0.1, 0.15) is 5.82 Å². The number of rotatable bonds is 6. The molecule has 138 valence electrons. The standard InChI is InChI=1S/C19H21ClFN3O2/c20-15-5-6-18(24-7-9-26-10-8-24)17(11-15)22-13-19(25)23-12-14-3-1-2-4-16(14)21/h1-6,11,22H,7-10,12-13H2,(H,23,25). The first-order chi connectivity index (χ1) is 12.6. The Bertz CT molecular complexity index is 766. The molecule has 0 bridgehead atoms. The normalized spacial score (nSPS) is 14.2. The van der Waals surface area contributed by atoms with Crippen LogP contribution in [0.2, 0.25) is 5.02 Å². The Morgan fingerprint density at radius 2 is 1.96 bits per heavy atom. The van der Waals surface area contributed by atoms with E-state index in [4.69, 9.17) is 16.3 Å². The van der Waals surface area contributed by atoms with Crippen LogP contribution in [0.25, 0.3) is 0 Å². The van der Waals surface area contributed by atoms with E-state index in [9.17, 15) is 9.18 Å². The molecule has 1 aliphatic heterocycles. The van der Waals surface area contributed by atoms with Crippen molar-refractivity contribution in [3.63, 3.8) is 0 Å². The van der Waals surface area contributed by atoms with E-state index in [0.717, 1.165) is 24.5 Å². The third-order valence-electron chi connectivity index (χ3n) is 4.18. The third-order valence-corrected chi connectivity index (χ3v) is 4.42. The Morgan fingerprint density at radius 3 is 2.73 bits per heavy atom. The lowest BCUT2D eigenvalue weighted by atomic mass is 10.2. The molecule has 1 saturated heterocycles. The van der Waals surface area contributed by atoms with Crippen LogP contribution in [0.5, 0.6) is 0 Å².